The highest BCUT2D eigenvalue weighted by molar-refractivity contribution is 9.10. The minimum atomic E-state index is -4.75. The van der Waals surface area contributed by atoms with Gasteiger partial charge in [-0.3, -0.25) is 0 Å². The summed E-state index contributed by atoms with van der Waals surface area (Å²) < 4.78 is 45.2. The Morgan fingerprint density at radius 2 is 2.06 bits per heavy atom. The van der Waals surface area contributed by atoms with Crippen LogP contribution in [-0.4, -0.2) is 16.6 Å². The van der Waals surface area contributed by atoms with Crippen molar-refractivity contribution >= 4 is 15.9 Å². The van der Waals surface area contributed by atoms with Crippen LogP contribution in [-0.2, 0) is 0 Å². The predicted octanol–water partition coefficient (Wildman–Crippen LogP) is 3.40. The molecule has 17 heavy (non-hydrogen) atoms. The molecule has 0 saturated carbocycles. The predicted molar refractivity (Wildman–Crippen MR) is 54.1 cm³/mol. The van der Waals surface area contributed by atoms with Crippen LogP contribution in [0.4, 0.5) is 13.2 Å². The highest BCUT2D eigenvalue weighted by atomic mass is 79.9. The molecule has 1 aromatic carbocycles. The van der Waals surface area contributed by atoms with Gasteiger partial charge in [0.05, 0.1) is 4.47 Å². The molecule has 0 fully saturated rings. The van der Waals surface area contributed by atoms with Crippen LogP contribution in [0.3, 0.4) is 0 Å². The van der Waals surface area contributed by atoms with Crippen LogP contribution in [0.25, 0.3) is 11.5 Å². The molecular weight excluding hydrogens is 305 g/mol. The molecule has 0 N–H and O–H groups in total. The third kappa shape index (κ3) is 2.96. The minimum absolute atomic E-state index is 0.115. The van der Waals surface area contributed by atoms with Crippen LogP contribution < -0.4 is 4.74 Å². The largest absolute Gasteiger partial charge is 0.573 e. The summed E-state index contributed by atoms with van der Waals surface area (Å²) in [6.07, 6.45) is -3.67. The van der Waals surface area contributed by atoms with Gasteiger partial charge in [-0.2, -0.15) is 0 Å². The number of rotatable bonds is 2. The fraction of sp³-hybridized carbons (Fsp3) is 0.111. The molecule has 0 radical (unpaired) electrons. The van der Waals surface area contributed by atoms with E-state index >= 15 is 0 Å². The van der Waals surface area contributed by atoms with Crippen molar-refractivity contribution in [2.75, 3.05) is 0 Å². The van der Waals surface area contributed by atoms with Gasteiger partial charge in [0.25, 0.3) is 0 Å². The van der Waals surface area contributed by atoms with Crippen LogP contribution in [0.2, 0.25) is 0 Å². The van der Waals surface area contributed by atoms with E-state index in [1.165, 1.54) is 12.1 Å². The van der Waals surface area contributed by atoms with Gasteiger partial charge >= 0.3 is 6.36 Å². The van der Waals surface area contributed by atoms with E-state index in [0.29, 0.717) is 5.56 Å². The molecule has 8 heteroatoms. The molecule has 0 unspecified atom stereocenters. The number of halogens is 4. The fourth-order valence-corrected chi connectivity index (χ4v) is 1.47. The Hall–Kier alpha value is -1.57. The highest BCUT2D eigenvalue weighted by Crippen LogP contribution is 2.33. The lowest BCUT2D eigenvalue weighted by Crippen LogP contribution is -2.17. The standard InChI is InChI=1S/C9H4BrF3N2O2/c10-6-2-1-5(8-15-14-4-16-8)3-7(6)17-9(11,12)13/h1-4H. The Morgan fingerprint density at radius 3 is 2.65 bits per heavy atom. The Kier molecular flexibility index (Phi) is 3.05. The summed E-state index contributed by atoms with van der Waals surface area (Å²) in [5, 5.41) is 7.02. The van der Waals surface area contributed by atoms with E-state index in [2.05, 4.69) is 30.9 Å². The van der Waals surface area contributed by atoms with E-state index in [4.69, 9.17) is 4.42 Å². The van der Waals surface area contributed by atoms with Crippen LogP contribution in [0.15, 0.2) is 33.5 Å². The minimum Gasteiger partial charge on any atom is -0.423 e. The van der Waals surface area contributed by atoms with Crippen molar-refractivity contribution in [2.24, 2.45) is 0 Å². The first kappa shape index (κ1) is 11.9. The van der Waals surface area contributed by atoms with Gasteiger partial charge < -0.3 is 9.15 Å². The average Bonchev–Trinajstić information content (AvgIpc) is 2.72. The highest BCUT2D eigenvalue weighted by Gasteiger charge is 2.32. The number of ether oxygens (including phenoxy) is 1. The molecule has 2 rings (SSSR count). The van der Waals surface area contributed by atoms with Crippen molar-refractivity contribution in [1.82, 2.24) is 10.2 Å². The molecule has 0 bridgehead atoms. The molecule has 0 aliphatic rings. The topological polar surface area (TPSA) is 48.2 Å². The molecule has 0 aliphatic heterocycles. The van der Waals surface area contributed by atoms with Crippen molar-refractivity contribution in [3.63, 3.8) is 0 Å². The normalized spacial score (nSPS) is 11.5. The maximum Gasteiger partial charge on any atom is 0.573 e. The summed E-state index contributed by atoms with van der Waals surface area (Å²) in [5.41, 5.74) is 0.338. The number of aromatic nitrogens is 2. The Bertz CT molecular complexity index is 513. The molecular formula is C9H4BrF3N2O2. The Labute approximate surface area is 102 Å². The van der Waals surface area contributed by atoms with Crippen molar-refractivity contribution in [3.05, 3.63) is 29.1 Å². The molecule has 0 saturated heterocycles. The summed E-state index contributed by atoms with van der Waals surface area (Å²) in [6, 6.07) is 4.09. The summed E-state index contributed by atoms with van der Waals surface area (Å²) >= 11 is 2.95. The number of alkyl halides is 3. The van der Waals surface area contributed by atoms with Gasteiger partial charge in [-0.05, 0) is 34.1 Å². The lowest BCUT2D eigenvalue weighted by molar-refractivity contribution is -0.274. The van der Waals surface area contributed by atoms with E-state index in [1.54, 1.807) is 0 Å². The molecule has 0 aliphatic carbocycles. The van der Waals surface area contributed by atoms with Gasteiger partial charge in [-0.15, -0.1) is 23.4 Å². The van der Waals surface area contributed by atoms with E-state index in [0.717, 1.165) is 12.5 Å². The molecule has 1 heterocycles. The maximum absolute atomic E-state index is 12.1. The molecule has 1 aromatic heterocycles. The zero-order chi connectivity index (χ0) is 12.5. The maximum atomic E-state index is 12.1. The molecule has 90 valence electrons. The second-order valence-corrected chi connectivity index (χ2v) is 3.79. The Balaban J connectivity index is 2.36. The van der Waals surface area contributed by atoms with Gasteiger partial charge in [0.15, 0.2) is 0 Å². The zero-order valence-corrected chi connectivity index (χ0v) is 9.62. The van der Waals surface area contributed by atoms with Crippen LogP contribution in [0.1, 0.15) is 0 Å². The zero-order valence-electron chi connectivity index (χ0n) is 8.03. The fourth-order valence-electron chi connectivity index (χ4n) is 1.14. The number of nitrogens with zero attached hydrogens (tertiary/aromatic N) is 2. The van der Waals surface area contributed by atoms with Crippen LogP contribution in [0, 0.1) is 0 Å². The van der Waals surface area contributed by atoms with Crippen molar-refractivity contribution in [3.8, 4) is 17.2 Å². The van der Waals surface area contributed by atoms with Crippen LogP contribution >= 0.6 is 15.9 Å². The molecule has 4 nitrogen and oxygen atoms in total. The molecule has 0 atom stereocenters. The third-order valence-corrected chi connectivity index (χ3v) is 2.42. The summed E-state index contributed by atoms with van der Waals surface area (Å²) in [6.45, 7) is 0. The number of hydrogen-bond donors (Lipinski definition) is 0. The SMILES string of the molecule is FC(F)(F)Oc1cc(-c2nnco2)ccc1Br. The monoisotopic (exact) mass is 308 g/mol. The first-order valence-corrected chi connectivity index (χ1v) is 5.07. The first-order valence-electron chi connectivity index (χ1n) is 4.27. The summed E-state index contributed by atoms with van der Waals surface area (Å²) in [5.74, 6) is -0.252. The molecule has 0 spiro atoms. The lowest BCUT2D eigenvalue weighted by atomic mass is 10.2. The van der Waals surface area contributed by atoms with E-state index in [9.17, 15) is 13.2 Å². The van der Waals surface area contributed by atoms with E-state index in [1.807, 2.05) is 0 Å². The van der Waals surface area contributed by atoms with E-state index < -0.39 is 6.36 Å². The van der Waals surface area contributed by atoms with E-state index in [-0.39, 0.29) is 16.1 Å². The second kappa shape index (κ2) is 4.36. The van der Waals surface area contributed by atoms with Gasteiger partial charge in [0, 0.05) is 5.56 Å². The smallest absolute Gasteiger partial charge is 0.423 e. The van der Waals surface area contributed by atoms with Gasteiger partial charge in [0.2, 0.25) is 12.3 Å². The lowest BCUT2D eigenvalue weighted by Gasteiger charge is -2.10. The summed E-state index contributed by atoms with van der Waals surface area (Å²) in [7, 11) is 0. The average molecular weight is 309 g/mol. The van der Waals surface area contributed by atoms with Gasteiger partial charge in [-0.1, -0.05) is 0 Å². The number of hydrogen-bond acceptors (Lipinski definition) is 4. The van der Waals surface area contributed by atoms with Crippen molar-refractivity contribution in [1.29, 1.82) is 0 Å². The van der Waals surface area contributed by atoms with Crippen molar-refractivity contribution in [2.45, 2.75) is 6.36 Å². The van der Waals surface area contributed by atoms with Crippen LogP contribution in [0.5, 0.6) is 5.75 Å². The quantitative estimate of drug-likeness (QED) is 0.853. The van der Waals surface area contributed by atoms with Gasteiger partial charge in [-0.25, -0.2) is 0 Å². The van der Waals surface area contributed by atoms with Crippen molar-refractivity contribution < 1.29 is 22.3 Å². The second-order valence-electron chi connectivity index (χ2n) is 2.94. The summed E-state index contributed by atoms with van der Waals surface area (Å²) in [4.78, 5) is 0. The van der Waals surface area contributed by atoms with Gasteiger partial charge in [0.1, 0.15) is 5.75 Å². The number of benzene rings is 1. The molecule has 2 aromatic rings. The Morgan fingerprint density at radius 1 is 1.29 bits per heavy atom. The molecule has 0 amide bonds. The first-order chi connectivity index (χ1) is 7.96. The third-order valence-electron chi connectivity index (χ3n) is 1.76.